The minimum atomic E-state index is -3.72. The Kier molecular flexibility index (Phi) is 7.25. The number of ether oxygens (including phenoxy) is 1. The van der Waals surface area contributed by atoms with Crippen LogP contribution in [-0.4, -0.2) is 69.5 Å². The highest BCUT2D eigenvalue weighted by molar-refractivity contribution is 7.89. The lowest BCUT2D eigenvalue weighted by Gasteiger charge is -2.36. The van der Waals surface area contributed by atoms with Crippen LogP contribution in [0, 0.1) is 6.92 Å². The highest BCUT2D eigenvalue weighted by Gasteiger charge is 2.37. The molecule has 32 heavy (non-hydrogen) atoms. The van der Waals surface area contributed by atoms with Crippen LogP contribution < -0.4 is 5.32 Å². The molecule has 0 spiro atoms. The van der Waals surface area contributed by atoms with Crippen LogP contribution in [0.4, 0.5) is 0 Å². The summed E-state index contributed by atoms with van der Waals surface area (Å²) >= 11 is 0. The molecule has 2 heterocycles. The lowest BCUT2D eigenvalue weighted by molar-refractivity contribution is -0.122. The zero-order valence-corrected chi connectivity index (χ0v) is 19.3. The van der Waals surface area contributed by atoms with Gasteiger partial charge in [-0.2, -0.15) is 4.31 Å². The van der Waals surface area contributed by atoms with E-state index in [4.69, 9.17) is 4.74 Å². The molecule has 1 atom stereocenters. The number of benzene rings is 2. The Balaban J connectivity index is 1.50. The van der Waals surface area contributed by atoms with E-state index in [2.05, 4.69) is 10.2 Å². The standard InChI is InChI=1S/C24H31N3O4S/c1-19-6-8-21(9-7-19)32(29,30)27-12-10-20-4-2-3-5-22(20)23(27)18-24(28)25-11-13-26-14-16-31-17-15-26/h2-9,23H,10-18H2,1H3,(H,25,28)/t23-/m0/s1. The molecule has 1 N–H and O–H groups in total. The molecule has 0 radical (unpaired) electrons. The summed E-state index contributed by atoms with van der Waals surface area (Å²) in [6.07, 6.45) is 0.738. The summed E-state index contributed by atoms with van der Waals surface area (Å²) in [6, 6.07) is 14.2. The number of carbonyl (C=O) groups excluding carboxylic acids is 1. The van der Waals surface area contributed by atoms with Crippen molar-refractivity contribution in [1.82, 2.24) is 14.5 Å². The van der Waals surface area contributed by atoms with Crippen molar-refractivity contribution < 1.29 is 17.9 Å². The van der Waals surface area contributed by atoms with Crippen LogP contribution in [-0.2, 0) is 26.0 Å². The van der Waals surface area contributed by atoms with Gasteiger partial charge in [-0.1, -0.05) is 42.0 Å². The fourth-order valence-corrected chi connectivity index (χ4v) is 6.01. The van der Waals surface area contributed by atoms with Crippen molar-refractivity contribution in [3.05, 3.63) is 65.2 Å². The van der Waals surface area contributed by atoms with Crippen molar-refractivity contribution in [2.45, 2.75) is 30.7 Å². The average molecular weight is 458 g/mol. The zero-order chi connectivity index (χ0) is 22.6. The Hall–Kier alpha value is -2.26. The number of morpholine rings is 1. The number of nitrogens with zero attached hydrogens (tertiary/aromatic N) is 2. The van der Waals surface area contributed by atoms with Crippen LogP contribution in [0.15, 0.2) is 53.4 Å². The SMILES string of the molecule is Cc1ccc(S(=O)(=O)N2CCc3ccccc3[C@@H]2CC(=O)NCCN2CCOCC2)cc1. The van der Waals surface area contributed by atoms with Crippen molar-refractivity contribution in [3.63, 3.8) is 0 Å². The summed E-state index contributed by atoms with van der Waals surface area (Å²) in [7, 11) is -3.72. The van der Waals surface area contributed by atoms with E-state index in [1.54, 1.807) is 24.3 Å². The van der Waals surface area contributed by atoms with E-state index in [-0.39, 0.29) is 17.2 Å². The Labute approximate surface area is 190 Å². The summed E-state index contributed by atoms with van der Waals surface area (Å²) < 4.78 is 33.9. The van der Waals surface area contributed by atoms with Crippen molar-refractivity contribution >= 4 is 15.9 Å². The summed E-state index contributed by atoms with van der Waals surface area (Å²) in [5.41, 5.74) is 3.02. The first-order valence-electron chi connectivity index (χ1n) is 11.2. The molecular weight excluding hydrogens is 426 g/mol. The maximum atomic E-state index is 13.5. The average Bonchev–Trinajstić information content (AvgIpc) is 2.80. The van der Waals surface area contributed by atoms with E-state index in [1.165, 1.54) is 4.31 Å². The molecule has 8 heteroatoms. The summed E-state index contributed by atoms with van der Waals surface area (Å²) in [6.45, 7) is 6.77. The first-order chi connectivity index (χ1) is 15.4. The normalized spacial score (nSPS) is 20.0. The Bertz CT molecular complexity index is 1030. The Morgan fingerprint density at radius 1 is 1.06 bits per heavy atom. The largest absolute Gasteiger partial charge is 0.379 e. The van der Waals surface area contributed by atoms with Crippen LogP contribution in [0.5, 0.6) is 0 Å². The van der Waals surface area contributed by atoms with Crippen LogP contribution in [0.25, 0.3) is 0 Å². The van der Waals surface area contributed by atoms with Crippen molar-refractivity contribution in [2.24, 2.45) is 0 Å². The van der Waals surface area contributed by atoms with E-state index in [0.29, 0.717) is 19.5 Å². The number of nitrogens with one attached hydrogen (secondary N) is 1. The zero-order valence-electron chi connectivity index (χ0n) is 18.5. The molecule has 4 rings (SSSR count). The Morgan fingerprint density at radius 2 is 1.78 bits per heavy atom. The van der Waals surface area contributed by atoms with Gasteiger partial charge in [-0.05, 0) is 36.6 Å². The van der Waals surface area contributed by atoms with Gasteiger partial charge in [-0.3, -0.25) is 9.69 Å². The summed E-state index contributed by atoms with van der Waals surface area (Å²) in [5.74, 6) is -0.135. The molecule has 0 saturated carbocycles. The maximum absolute atomic E-state index is 13.5. The second-order valence-electron chi connectivity index (χ2n) is 8.40. The molecule has 2 aromatic carbocycles. The Morgan fingerprint density at radius 3 is 2.53 bits per heavy atom. The van der Waals surface area contributed by atoms with Crippen LogP contribution in [0.2, 0.25) is 0 Å². The topological polar surface area (TPSA) is 79.0 Å². The number of amides is 1. The molecule has 2 aromatic rings. The number of sulfonamides is 1. The third-order valence-electron chi connectivity index (χ3n) is 6.22. The lowest BCUT2D eigenvalue weighted by Crippen LogP contribution is -2.44. The van der Waals surface area contributed by atoms with Crippen molar-refractivity contribution in [1.29, 1.82) is 0 Å². The molecule has 0 bridgehead atoms. The fourth-order valence-electron chi connectivity index (χ4n) is 4.40. The highest BCUT2D eigenvalue weighted by Crippen LogP contribution is 2.36. The second-order valence-corrected chi connectivity index (χ2v) is 10.3. The number of hydrogen-bond acceptors (Lipinski definition) is 5. The minimum Gasteiger partial charge on any atom is -0.379 e. The van der Waals surface area contributed by atoms with E-state index < -0.39 is 16.1 Å². The van der Waals surface area contributed by atoms with Gasteiger partial charge in [0.15, 0.2) is 0 Å². The van der Waals surface area contributed by atoms with Crippen molar-refractivity contribution in [3.8, 4) is 0 Å². The summed E-state index contributed by atoms with van der Waals surface area (Å²) in [4.78, 5) is 15.4. The van der Waals surface area contributed by atoms with Gasteiger partial charge in [0.2, 0.25) is 15.9 Å². The third-order valence-corrected chi connectivity index (χ3v) is 8.15. The van der Waals surface area contributed by atoms with Gasteiger partial charge >= 0.3 is 0 Å². The van der Waals surface area contributed by atoms with Gasteiger partial charge in [-0.15, -0.1) is 0 Å². The molecule has 7 nitrogen and oxygen atoms in total. The highest BCUT2D eigenvalue weighted by atomic mass is 32.2. The molecule has 0 unspecified atom stereocenters. The minimum absolute atomic E-state index is 0.102. The van der Waals surface area contributed by atoms with Gasteiger partial charge in [0.25, 0.3) is 0 Å². The number of carbonyl (C=O) groups is 1. The van der Waals surface area contributed by atoms with E-state index in [1.807, 2.05) is 31.2 Å². The fraction of sp³-hybridized carbons (Fsp3) is 0.458. The molecular formula is C24H31N3O4S. The molecule has 1 saturated heterocycles. The van der Waals surface area contributed by atoms with E-state index >= 15 is 0 Å². The number of aryl methyl sites for hydroxylation is 1. The first-order valence-corrected chi connectivity index (χ1v) is 12.6. The van der Waals surface area contributed by atoms with E-state index in [0.717, 1.165) is 49.5 Å². The first kappa shape index (κ1) is 22.9. The predicted octanol–water partition coefficient (Wildman–Crippen LogP) is 2.12. The number of fused-ring (bicyclic) bond motifs is 1. The van der Waals surface area contributed by atoms with Gasteiger partial charge in [0.1, 0.15) is 0 Å². The number of rotatable bonds is 7. The molecule has 2 aliphatic heterocycles. The third kappa shape index (κ3) is 5.20. The monoisotopic (exact) mass is 457 g/mol. The number of hydrogen-bond donors (Lipinski definition) is 1. The predicted molar refractivity (Wildman–Crippen MR) is 123 cm³/mol. The van der Waals surface area contributed by atoms with Gasteiger partial charge < -0.3 is 10.1 Å². The van der Waals surface area contributed by atoms with Gasteiger partial charge in [0, 0.05) is 39.1 Å². The molecule has 2 aliphatic rings. The van der Waals surface area contributed by atoms with Crippen molar-refractivity contribution in [2.75, 3.05) is 45.9 Å². The van der Waals surface area contributed by atoms with Gasteiger partial charge in [0.05, 0.1) is 24.2 Å². The molecule has 1 amide bonds. The maximum Gasteiger partial charge on any atom is 0.243 e. The lowest BCUT2D eigenvalue weighted by atomic mass is 9.92. The molecule has 1 fully saturated rings. The van der Waals surface area contributed by atoms with Crippen LogP contribution in [0.3, 0.4) is 0 Å². The van der Waals surface area contributed by atoms with Gasteiger partial charge in [-0.25, -0.2) is 8.42 Å². The van der Waals surface area contributed by atoms with Crippen LogP contribution >= 0.6 is 0 Å². The molecule has 172 valence electrons. The summed E-state index contributed by atoms with van der Waals surface area (Å²) in [5, 5.41) is 2.98. The smallest absolute Gasteiger partial charge is 0.243 e. The van der Waals surface area contributed by atoms with Crippen LogP contribution in [0.1, 0.15) is 29.2 Å². The quantitative estimate of drug-likeness (QED) is 0.689. The molecule has 0 aromatic heterocycles. The van der Waals surface area contributed by atoms with E-state index in [9.17, 15) is 13.2 Å². The molecule has 0 aliphatic carbocycles. The second kappa shape index (κ2) is 10.1.